The Balaban J connectivity index is 2.18. The highest BCUT2D eigenvalue weighted by atomic mass is 35.5. The number of halogens is 1. The molecule has 1 aromatic rings. The van der Waals surface area contributed by atoms with Crippen molar-refractivity contribution in [2.75, 3.05) is 18.0 Å². The van der Waals surface area contributed by atoms with Gasteiger partial charge >= 0.3 is 0 Å². The molecule has 3 nitrogen and oxygen atoms in total. The Bertz CT molecular complexity index is 437. The maximum absolute atomic E-state index is 6.00. The third-order valence-electron chi connectivity index (χ3n) is 4.56. The van der Waals surface area contributed by atoms with Crippen LogP contribution in [-0.2, 0) is 0 Å². The molecule has 2 heterocycles. The number of hydrogen-bond donors (Lipinski definition) is 0. The Labute approximate surface area is 115 Å². The molecule has 1 aliphatic heterocycles. The van der Waals surface area contributed by atoms with Gasteiger partial charge in [0.05, 0.1) is 0 Å². The summed E-state index contributed by atoms with van der Waals surface area (Å²) in [6.45, 7) is 10.9. The van der Waals surface area contributed by atoms with Gasteiger partial charge in [-0.05, 0) is 43.2 Å². The van der Waals surface area contributed by atoms with E-state index < -0.39 is 0 Å². The highest BCUT2D eigenvalue weighted by Gasteiger charge is 2.29. The predicted molar refractivity (Wildman–Crippen MR) is 76.4 cm³/mol. The molecular weight excluding hydrogens is 246 g/mol. The van der Waals surface area contributed by atoms with Crippen LogP contribution in [0.25, 0.3) is 0 Å². The Morgan fingerprint density at radius 3 is 2.33 bits per heavy atom. The normalized spacial score (nSPS) is 19.1. The molecule has 0 unspecified atom stereocenters. The van der Waals surface area contributed by atoms with Crippen molar-refractivity contribution in [2.24, 2.45) is 5.41 Å². The molecule has 1 saturated heterocycles. The van der Waals surface area contributed by atoms with E-state index in [4.69, 9.17) is 11.6 Å². The number of aromatic nitrogens is 2. The van der Waals surface area contributed by atoms with Gasteiger partial charge in [-0.3, -0.25) is 0 Å². The van der Waals surface area contributed by atoms with Gasteiger partial charge in [-0.15, -0.1) is 10.2 Å². The topological polar surface area (TPSA) is 29.0 Å². The minimum atomic E-state index is 0.499. The molecule has 0 aliphatic carbocycles. The van der Waals surface area contributed by atoms with Gasteiger partial charge in [-0.2, -0.15) is 0 Å². The van der Waals surface area contributed by atoms with Gasteiger partial charge in [0, 0.05) is 13.1 Å². The summed E-state index contributed by atoms with van der Waals surface area (Å²) in [6, 6.07) is 0. The molecule has 0 bridgehead atoms. The zero-order chi connectivity index (χ0) is 13.3. The quantitative estimate of drug-likeness (QED) is 0.817. The average molecular weight is 268 g/mol. The van der Waals surface area contributed by atoms with Crippen molar-refractivity contribution in [3.05, 3.63) is 16.3 Å². The van der Waals surface area contributed by atoms with E-state index in [1.165, 1.54) is 19.3 Å². The first-order chi connectivity index (χ1) is 8.47. The lowest BCUT2D eigenvalue weighted by atomic mass is 9.78. The lowest BCUT2D eigenvalue weighted by Gasteiger charge is -2.39. The first-order valence-corrected chi connectivity index (χ1v) is 7.09. The third-order valence-corrected chi connectivity index (χ3v) is 4.92. The maximum Gasteiger partial charge on any atom is 0.155 e. The fraction of sp³-hybridized carbons (Fsp3) is 0.714. The van der Waals surface area contributed by atoms with Crippen LogP contribution in [0.5, 0.6) is 0 Å². The van der Waals surface area contributed by atoms with Gasteiger partial charge < -0.3 is 4.90 Å². The molecule has 2 rings (SSSR count). The van der Waals surface area contributed by atoms with E-state index in [9.17, 15) is 0 Å². The average Bonchev–Trinajstić information content (AvgIpc) is 2.38. The van der Waals surface area contributed by atoms with E-state index in [0.29, 0.717) is 10.6 Å². The molecule has 1 fully saturated rings. The van der Waals surface area contributed by atoms with Crippen molar-refractivity contribution in [2.45, 2.75) is 47.0 Å². The van der Waals surface area contributed by atoms with E-state index in [2.05, 4.69) is 35.9 Å². The van der Waals surface area contributed by atoms with E-state index in [1.807, 2.05) is 6.92 Å². The summed E-state index contributed by atoms with van der Waals surface area (Å²) in [5, 5.41) is 8.84. The summed E-state index contributed by atoms with van der Waals surface area (Å²) >= 11 is 6.00. The Morgan fingerprint density at radius 1 is 1.17 bits per heavy atom. The van der Waals surface area contributed by atoms with E-state index >= 15 is 0 Å². The molecule has 0 aromatic carbocycles. The van der Waals surface area contributed by atoms with Crippen LogP contribution >= 0.6 is 11.6 Å². The molecule has 4 heteroatoms. The number of anilines is 1. The first-order valence-electron chi connectivity index (χ1n) is 6.71. The van der Waals surface area contributed by atoms with Crippen LogP contribution in [0.1, 0.15) is 44.2 Å². The Morgan fingerprint density at radius 2 is 1.78 bits per heavy atom. The summed E-state index contributed by atoms with van der Waals surface area (Å²) in [5.41, 5.74) is 2.71. The van der Waals surface area contributed by atoms with E-state index in [-0.39, 0.29) is 0 Å². The molecular formula is C14H22ClN3. The predicted octanol–water partition coefficient (Wildman–Crippen LogP) is 3.76. The summed E-state index contributed by atoms with van der Waals surface area (Å²) in [6.07, 6.45) is 3.71. The van der Waals surface area contributed by atoms with Gasteiger partial charge in [0.1, 0.15) is 0 Å². The van der Waals surface area contributed by atoms with E-state index in [1.54, 1.807) is 0 Å². The van der Waals surface area contributed by atoms with Crippen LogP contribution in [0.4, 0.5) is 5.82 Å². The molecule has 18 heavy (non-hydrogen) atoms. The molecule has 0 N–H and O–H groups in total. The first kappa shape index (κ1) is 13.6. The molecule has 0 amide bonds. The monoisotopic (exact) mass is 267 g/mol. The van der Waals surface area contributed by atoms with Crippen LogP contribution in [-0.4, -0.2) is 23.3 Å². The Hall–Kier alpha value is -0.830. The minimum absolute atomic E-state index is 0.499. The molecule has 100 valence electrons. The zero-order valence-corrected chi connectivity index (χ0v) is 12.5. The minimum Gasteiger partial charge on any atom is -0.355 e. The van der Waals surface area contributed by atoms with E-state index in [0.717, 1.165) is 30.0 Å². The van der Waals surface area contributed by atoms with Crippen molar-refractivity contribution in [1.29, 1.82) is 0 Å². The largest absolute Gasteiger partial charge is 0.355 e. The van der Waals surface area contributed by atoms with Crippen molar-refractivity contribution >= 4 is 17.4 Å². The molecule has 1 aliphatic rings. The van der Waals surface area contributed by atoms with Gasteiger partial charge in [-0.25, -0.2) is 0 Å². The van der Waals surface area contributed by atoms with Crippen LogP contribution in [0.3, 0.4) is 0 Å². The molecule has 0 saturated carbocycles. The van der Waals surface area contributed by atoms with Gasteiger partial charge in [0.2, 0.25) is 0 Å². The van der Waals surface area contributed by atoms with Crippen LogP contribution in [0, 0.1) is 19.3 Å². The second-order valence-corrected chi connectivity index (χ2v) is 6.07. The highest BCUT2D eigenvalue weighted by Crippen LogP contribution is 2.36. The van der Waals surface area contributed by atoms with Crippen LogP contribution in [0.2, 0.25) is 5.15 Å². The van der Waals surface area contributed by atoms with Crippen LogP contribution < -0.4 is 4.90 Å². The summed E-state index contributed by atoms with van der Waals surface area (Å²) in [4.78, 5) is 2.35. The summed E-state index contributed by atoms with van der Waals surface area (Å²) in [5.74, 6) is 1.01. The highest BCUT2D eigenvalue weighted by molar-refractivity contribution is 6.30. The SMILES string of the molecule is CCC1(C)CCN(c2nnc(Cl)c(C)c2C)CC1. The molecule has 0 radical (unpaired) electrons. The Kier molecular flexibility index (Phi) is 3.81. The number of nitrogens with zero attached hydrogens (tertiary/aromatic N) is 3. The second-order valence-electron chi connectivity index (χ2n) is 5.72. The lowest BCUT2D eigenvalue weighted by molar-refractivity contribution is 0.237. The summed E-state index contributed by atoms with van der Waals surface area (Å²) in [7, 11) is 0. The van der Waals surface area contributed by atoms with Crippen molar-refractivity contribution in [3.63, 3.8) is 0 Å². The fourth-order valence-electron chi connectivity index (χ4n) is 2.48. The van der Waals surface area contributed by atoms with Crippen molar-refractivity contribution in [3.8, 4) is 0 Å². The van der Waals surface area contributed by atoms with Crippen molar-refractivity contribution < 1.29 is 0 Å². The van der Waals surface area contributed by atoms with Gasteiger partial charge in [0.25, 0.3) is 0 Å². The standard InChI is InChI=1S/C14H22ClN3/c1-5-14(4)6-8-18(9-7-14)13-11(3)10(2)12(15)16-17-13/h5-9H2,1-4H3. The fourth-order valence-corrected chi connectivity index (χ4v) is 2.66. The third kappa shape index (κ3) is 2.46. The van der Waals surface area contributed by atoms with Crippen molar-refractivity contribution in [1.82, 2.24) is 10.2 Å². The van der Waals surface area contributed by atoms with Crippen LogP contribution in [0.15, 0.2) is 0 Å². The number of piperidine rings is 1. The maximum atomic E-state index is 6.00. The number of rotatable bonds is 2. The summed E-state index contributed by atoms with van der Waals surface area (Å²) < 4.78 is 0. The second kappa shape index (κ2) is 5.04. The smallest absolute Gasteiger partial charge is 0.155 e. The van der Waals surface area contributed by atoms with Gasteiger partial charge in [0.15, 0.2) is 11.0 Å². The molecule has 0 spiro atoms. The molecule has 0 atom stereocenters. The van der Waals surface area contributed by atoms with Gasteiger partial charge in [-0.1, -0.05) is 31.9 Å². The zero-order valence-electron chi connectivity index (χ0n) is 11.8. The molecule has 1 aromatic heterocycles. The number of hydrogen-bond acceptors (Lipinski definition) is 3. The lowest BCUT2D eigenvalue weighted by Crippen LogP contribution is -2.39.